The molecule has 0 radical (unpaired) electrons. The van der Waals surface area contributed by atoms with Crippen molar-refractivity contribution in [2.45, 2.75) is 18.6 Å². The number of nitrogens with zero attached hydrogens (tertiary/aromatic N) is 3. The van der Waals surface area contributed by atoms with E-state index in [9.17, 15) is 19.1 Å². The highest BCUT2D eigenvalue weighted by molar-refractivity contribution is 6.04. The Labute approximate surface area is 217 Å². The van der Waals surface area contributed by atoms with E-state index < -0.39 is 29.8 Å². The van der Waals surface area contributed by atoms with E-state index in [1.807, 2.05) is 42.6 Å². The van der Waals surface area contributed by atoms with Gasteiger partial charge in [-0.05, 0) is 41.5 Å². The minimum atomic E-state index is -0.756. The van der Waals surface area contributed by atoms with E-state index >= 15 is 0 Å². The lowest BCUT2D eigenvalue weighted by atomic mass is 10.1. The highest BCUT2D eigenvalue weighted by atomic mass is 19.1. The van der Waals surface area contributed by atoms with Crippen LogP contribution in [0.15, 0.2) is 67.0 Å². The lowest BCUT2D eigenvalue weighted by Gasteiger charge is -2.28. The van der Waals surface area contributed by atoms with E-state index in [0.717, 1.165) is 36.0 Å². The average Bonchev–Trinajstić information content (AvgIpc) is 3.50. The van der Waals surface area contributed by atoms with Crippen LogP contribution in [0, 0.1) is 5.82 Å². The van der Waals surface area contributed by atoms with Gasteiger partial charge in [-0.3, -0.25) is 14.0 Å². The molecule has 2 aromatic heterocycles. The van der Waals surface area contributed by atoms with Gasteiger partial charge >= 0.3 is 0 Å². The predicted molar refractivity (Wildman–Crippen MR) is 139 cm³/mol. The van der Waals surface area contributed by atoms with Crippen LogP contribution in [0.3, 0.4) is 0 Å². The molecular formula is C28H26FN5O4. The molecule has 0 saturated carbocycles. The molecule has 0 bridgehead atoms. The summed E-state index contributed by atoms with van der Waals surface area (Å²) in [6.45, 7) is 2.74. The topological polar surface area (TPSA) is 108 Å². The molecule has 6 rings (SSSR count). The van der Waals surface area contributed by atoms with Gasteiger partial charge in [0.05, 0.1) is 42.9 Å². The Morgan fingerprint density at radius 2 is 1.87 bits per heavy atom. The van der Waals surface area contributed by atoms with Crippen LogP contribution in [0.1, 0.15) is 38.0 Å². The quantitative estimate of drug-likeness (QED) is 0.377. The molecule has 0 unspecified atom stereocenters. The number of pyridine rings is 1. The Kier molecular flexibility index (Phi) is 6.26. The number of aromatic nitrogens is 2. The maximum absolute atomic E-state index is 14.7. The number of hydrogen-bond donors (Lipinski definition) is 3. The van der Waals surface area contributed by atoms with E-state index in [2.05, 4.69) is 20.5 Å². The molecule has 194 valence electrons. The van der Waals surface area contributed by atoms with Gasteiger partial charge < -0.3 is 25.4 Å². The lowest BCUT2D eigenvalue weighted by molar-refractivity contribution is 0.0857. The van der Waals surface area contributed by atoms with Gasteiger partial charge in [-0.1, -0.05) is 24.3 Å². The third-order valence-electron chi connectivity index (χ3n) is 7.07. The van der Waals surface area contributed by atoms with Crippen molar-refractivity contribution in [2.24, 2.45) is 0 Å². The molecular weight excluding hydrogens is 489 g/mol. The van der Waals surface area contributed by atoms with Crippen molar-refractivity contribution in [3.05, 3.63) is 95.2 Å². The number of fused-ring (bicyclic) bond motifs is 2. The van der Waals surface area contributed by atoms with Crippen LogP contribution in [0.5, 0.6) is 0 Å². The molecule has 2 amide bonds. The number of rotatable bonds is 5. The second-order valence-electron chi connectivity index (χ2n) is 9.43. The summed E-state index contributed by atoms with van der Waals surface area (Å²) in [6, 6.07) is 14.5. The van der Waals surface area contributed by atoms with Crippen molar-refractivity contribution < 1.29 is 23.8 Å². The minimum Gasteiger partial charge on any atom is -0.390 e. The number of amides is 2. The number of aliphatic hydroxyl groups is 1. The number of anilines is 2. The first-order chi connectivity index (χ1) is 18.5. The Bertz CT molecular complexity index is 1530. The fourth-order valence-electron chi connectivity index (χ4n) is 5.07. The standard InChI is InChI=1S/C28H26FN5O4/c29-21-7-5-18(27(36)32-26-20-4-2-1-3-17(20)14-24(26)35)13-22(21)31-28(37)23-15-30-25-8-6-19(16-34(23)25)33-9-11-38-12-10-33/h1-8,13,15-16,24,26,35H,9-12,14H2,(H,31,37)(H,32,36)/t24-,26+/m1/s1. The van der Waals surface area contributed by atoms with Crippen LogP contribution in [-0.4, -0.2) is 58.7 Å². The monoisotopic (exact) mass is 515 g/mol. The summed E-state index contributed by atoms with van der Waals surface area (Å²) < 4.78 is 21.8. The van der Waals surface area contributed by atoms with Gasteiger partial charge in [-0.2, -0.15) is 0 Å². The van der Waals surface area contributed by atoms with Crippen LogP contribution in [0.2, 0.25) is 0 Å². The van der Waals surface area contributed by atoms with Gasteiger partial charge in [0.2, 0.25) is 0 Å². The van der Waals surface area contributed by atoms with Crippen molar-refractivity contribution in [3.63, 3.8) is 0 Å². The average molecular weight is 516 g/mol. The first-order valence-electron chi connectivity index (χ1n) is 12.5. The van der Waals surface area contributed by atoms with E-state index in [4.69, 9.17) is 4.74 Å². The zero-order chi connectivity index (χ0) is 26.2. The fraction of sp³-hybridized carbons (Fsp3) is 0.250. The molecule has 10 heteroatoms. The number of nitrogens with one attached hydrogen (secondary N) is 2. The summed E-state index contributed by atoms with van der Waals surface area (Å²) in [7, 11) is 0. The molecule has 38 heavy (non-hydrogen) atoms. The maximum Gasteiger partial charge on any atom is 0.274 e. The van der Waals surface area contributed by atoms with Crippen molar-refractivity contribution in [1.29, 1.82) is 0 Å². The van der Waals surface area contributed by atoms with Gasteiger partial charge in [0.15, 0.2) is 0 Å². The number of carbonyl (C=O) groups is 2. The van der Waals surface area contributed by atoms with Crippen LogP contribution < -0.4 is 15.5 Å². The molecule has 3 heterocycles. The first-order valence-corrected chi connectivity index (χ1v) is 12.5. The van der Waals surface area contributed by atoms with Crippen molar-refractivity contribution in [1.82, 2.24) is 14.7 Å². The number of carbonyl (C=O) groups excluding carboxylic acids is 2. The molecule has 1 aliphatic carbocycles. The fourth-order valence-corrected chi connectivity index (χ4v) is 5.07. The largest absolute Gasteiger partial charge is 0.390 e. The molecule has 2 aromatic carbocycles. The highest BCUT2D eigenvalue weighted by Gasteiger charge is 2.32. The van der Waals surface area contributed by atoms with E-state index in [1.54, 1.807) is 4.40 Å². The zero-order valence-electron chi connectivity index (χ0n) is 20.4. The van der Waals surface area contributed by atoms with Crippen LogP contribution in [-0.2, 0) is 11.2 Å². The summed E-state index contributed by atoms with van der Waals surface area (Å²) in [6.07, 6.45) is 2.95. The number of aliphatic hydroxyl groups excluding tert-OH is 1. The van der Waals surface area contributed by atoms with Crippen molar-refractivity contribution >= 4 is 28.8 Å². The summed E-state index contributed by atoms with van der Waals surface area (Å²) in [5.74, 6) is -1.72. The number of halogens is 1. The van der Waals surface area contributed by atoms with Gasteiger partial charge in [-0.15, -0.1) is 0 Å². The smallest absolute Gasteiger partial charge is 0.274 e. The molecule has 3 N–H and O–H groups in total. The van der Waals surface area contributed by atoms with Gasteiger partial charge in [0.25, 0.3) is 11.8 Å². The van der Waals surface area contributed by atoms with Gasteiger partial charge in [0.1, 0.15) is 17.2 Å². The summed E-state index contributed by atoms with van der Waals surface area (Å²) >= 11 is 0. The van der Waals surface area contributed by atoms with Gasteiger partial charge in [0, 0.05) is 31.3 Å². The van der Waals surface area contributed by atoms with E-state index in [-0.39, 0.29) is 16.9 Å². The van der Waals surface area contributed by atoms with Crippen LogP contribution in [0.4, 0.5) is 15.8 Å². The van der Waals surface area contributed by atoms with E-state index in [1.165, 1.54) is 18.3 Å². The Balaban J connectivity index is 1.21. The van der Waals surface area contributed by atoms with Gasteiger partial charge in [-0.25, -0.2) is 9.37 Å². The normalized spacial score (nSPS) is 18.8. The highest BCUT2D eigenvalue weighted by Crippen LogP contribution is 2.31. The molecule has 2 atom stereocenters. The van der Waals surface area contributed by atoms with E-state index in [0.29, 0.717) is 25.3 Å². The summed E-state index contributed by atoms with van der Waals surface area (Å²) in [4.78, 5) is 32.6. The SMILES string of the molecule is O=C(N[C@H]1c2ccccc2C[C@H]1O)c1ccc(F)c(NC(=O)c2cnc3ccc(N4CCOCC4)cn23)c1. The van der Waals surface area contributed by atoms with Crippen LogP contribution >= 0.6 is 0 Å². The maximum atomic E-state index is 14.7. The Hall–Kier alpha value is -4.28. The Morgan fingerprint density at radius 1 is 1.05 bits per heavy atom. The second kappa shape index (κ2) is 9.88. The molecule has 0 spiro atoms. The number of hydrogen-bond acceptors (Lipinski definition) is 6. The summed E-state index contributed by atoms with van der Waals surface area (Å²) in [5.41, 5.74) is 3.59. The number of ether oxygens (including phenoxy) is 1. The molecule has 1 saturated heterocycles. The second-order valence-corrected chi connectivity index (χ2v) is 9.43. The number of morpholine rings is 1. The predicted octanol–water partition coefficient (Wildman–Crippen LogP) is 2.95. The summed E-state index contributed by atoms with van der Waals surface area (Å²) in [5, 5.41) is 15.9. The zero-order valence-corrected chi connectivity index (χ0v) is 20.4. The first kappa shape index (κ1) is 24.1. The molecule has 4 aromatic rings. The molecule has 1 fully saturated rings. The van der Waals surface area contributed by atoms with Crippen molar-refractivity contribution in [2.75, 3.05) is 36.5 Å². The Morgan fingerprint density at radius 3 is 2.71 bits per heavy atom. The third kappa shape index (κ3) is 4.48. The number of imidazole rings is 1. The lowest BCUT2D eigenvalue weighted by Crippen LogP contribution is -2.36. The third-order valence-corrected chi connectivity index (χ3v) is 7.07. The molecule has 2 aliphatic rings. The molecule has 9 nitrogen and oxygen atoms in total. The molecule has 1 aliphatic heterocycles. The number of benzene rings is 2. The van der Waals surface area contributed by atoms with Crippen LogP contribution in [0.25, 0.3) is 5.65 Å². The minimum absolute atomic E-state index is 0.130. The van der Waals surface area contributed by atoms with Crippen molar-refractivity contribution in [3.8, 4) is 0 Å².